The first-order valence-corrected chi connectivity index (χ1v) is 8.59. The third kappa shape index (κ3) is 2.13. The minimum atomic E-state index is -3.46. The molecule has 0 aromatic heterocycles. The molecule has 21 heavy (non-hydrogen) atoms. The minimum Gasteiger partial charge on any atom is -0.460 e. The van der Waals surface area contributed by atoms with Crippen LogP contribution in [0.1, 0.15) is 20.3 Å². The molecule has 1 saturated heterocycles. The molecule has 0 amide bonds. The summed E-state index contributed by atoms with van der Waals surface area (Å²) in [6.07, 6.45) is 1.04. The quantitative estimate of drug-likeness (QED) is 0.324. The molecule has 0 spiro atoms. The lowest BCUT2D eigenvalue weighted by molar-refractivity contribution is -0.141. The van der Waals surface area contributed by atoms with Crippen LogP contribution in [0.5, 0.6) is 0 Å². The van der Waals surface area contributed by atoms with Crippen molar-refractivity contribution in [3.63, 3.8) is 0 Å². The summed E-state index contributed by atoms with van der Waals surface area (Å²) in [6.45, 7) is 7.84. The van der Waals surface area contributed by atoms with Gasteiger partial charge in [-0.05, 0) is 17.8 Å². The maximum absolute atomic E-state index is 12.0. The highest BCUT2D eigenvalue weighted by molar-refractivity contribution is 7.87. The Morgan fingerprint density at radius 2 is 2.14 bits per heavy atom. The van der Waals surface area contributed by atoms with Gasteiger partial charge in [0.15, 0.2) is 0 Å². The zero-order valence-corrected chi connectivity index (χ0v) is 13.0. The van der Waals surface area contributed by atoms with Crippen LogP contribution in [0.15, 0.2) is 12.7 Å². The van der Waals surface area contributed by atoms with Crippen LogP contribution < -0.4 is 0 Å². The number of fused-ring (bicyclic) bond motifs is 1. The summed E-state index contributed by atoms with van der Waals surface area (Å²) in [4.78, 5) is 11.0. The van der Waals surface area contributed by atoms with Crippen molar-refractivity contribution in [1.29, 1.82) is 0 Å². The van der Waals surface area contributed by atoms with Crippen molar-refractivity contribution in [1.82, 2.24) is 0 Å². The lowest BCUT2D eigenvalue weighted by atomic mass is 9.81. The molecule has 1 heterocycles. The van der Waals surface area contributed by atoms with Crippen LogP contribution in [-0.2, 0) is 28.6 Å². The molecular weight excluding hydrogens is 296 g/mol. The zero-order valence-electron chi connectivity index (χ0n) is 12.2. The van der Waals surface area contributed by atoms with Gasteiger partial charge in [-0.25, -0.2) is 4.79 Å². The fraction of sp³-hybridized carbons (Fsp3) is 0.786. The van der Waals surface area contributed by atoms with Gasteiger partial charge in [-0.15, -0.1) is 0 Å². The van der Waals surface area contributed by atoms with Crippen molar-refractivity contribution in [3.8, 4) is 0 Å². The fourth-order valence-electron chi connectivity index (χ4n) is 4.29. The third-order valence-corrected chi connectivity index (χ3v) is 6.91. The molecule has 6 nitrogen and oxygen atoms in total. The van der Waals surface area contributed by atoms with Gasteiger partial charge in [0.1, 0.15) is 12.7 Å². The Morgan fingerprint density at radius 1 is 1.43 bits per heavy atom. The van der Waals surface area contributed by atoms with Crippen molar-refractivity contribution in [2.45, 2.75) is 37.7 Å². The Morgan fingerprint density at radius 3 is 2.81 bits per heavy atom. The van der Waals surface area contributed by atoms with Gasteiger partial charge in [-0.2, -0.15) is 8.42 Å². The van der Waals surface area contributed by atoms with E-state index < -0.39 is 22.2 Å². The Kier molecular flexibility index (Phi) is 3.42. The summed E-state index contributed by atoms with van der Waals surface area (Å²) < 4.78 is 40.0. The van der Waals surface area contributed by atoms with Gasteiger partial charge in [0.2, 0.25) is 0 Å². The van der Waals surface area contributed by atoms with E-state index in [1.807, 2.05) is 0 Å². The number of rotatable bonds is 5. The van der Waals surface area contributed by atoms with Crippen molar-refractivity contribution < 1.29 is 26.9 Å². The maximum atomic E-state index is 12.0. The number of hydrogen-bond donors (Lipinski definition) is 0. The number of ether oxygens (including phenoxy) is 2. The van der Waals surface area contributed by atoms with E-state index >= 15 is 0 Å². The summed E-state index contributed by atoms with van der Waals surface area (Å²) >= 11 is 0. The van der Waals surface area contributed by atoms with Crippen LogP contribution in [0.3, 0.4) is 0 Å². The van der Waals surface area contributed by atoms with E-state index in [0.717, 1.165) is 6.08 Å². The van der Waals surface area contributed by atoms with Crippen LogP contribution in [0.4, 0.5) is 0 Å². The summed E-state index contributed by atoms with van der Waals surface area (Å²) in [5, 5.41) is -0.388. The van der Waals surface area contributed by atoms with E-state index in [4.69, 9.17) is 13.7 Å². The van der Waals surface area contributed by atoms with Crippen molar-refractivity contribution in [2.24, 2.45) is 17.3 Å². The van der Waals surface area contributed by atoms with Crippen molar-refractivity contribution in [2.75, 3.05) is 13.2 Å². The van der Waals surface area contributed by atoms with Crippen LogP contribution in [-0.4, -0.2) is 45.1 Å². The molecular formula is C14H20O6S. The van der Waals surface area contributed by atoms with Crippen molar-refractivity contribution in [3.05, 3.63) is 12.7 Å². The summed E-state index contributed by atoms with van der Waals surface area (Å²) in [5.41, 5.74) is -0.110. The standard InChI is InChI=1S/C14H20O6S/c1-4-10(15)18-5-6-19-12-8-7-9-11(14(8,2)3)13(12)20-21(9,16)17/h4,8-9,11-13H,1,5-7H2,2-3H3. The lowest BCUT2D eigenvalue weighted by Gasteiger charge is -2.26. The average molecular weight is 316 g/mol. The molecule has 2 bridgehead atoms. The van der Waals surface area contributed by atoms with Crippen LogP contribution in [0.2, 0.25) is 0 Å². The van der Waals surface area contributed by atoms with E-state index in [1.54, 1.807) is 0 Å². The molecule has 5 atom stereocenters. The third-order valence-electron chi connectivity index (χ3n) is 5.20. The summed E-state index contributed by atoms with van der Waals surface area (Å²) in [6, 6.07) is 0. The van der Waals surface area contributed by atoms with Crippen LogP contribution in [0, 0.1) is 17.3 Å². The number of carbonyl (C=O) groups excluding carboxylic acids is 1. The van der Waals surface area contributed by atoms with Gasteiger partial charge in [0, 0.05) is 12.0 Å². The lowest BCUT2D eigenvalue weighted by Crippen LogP contribution is -2.36. The second-order valence-corrected chi connectivity index (χ2v) is 8.27. The summed E-state index contributed by atoms with van der Waals surface area (Å²) in [5.74, 6) is -0.343. The van der Waals surface area contributed by atoms with Gasteiger partial charge in [0.25, 0.3) is 10.1 Å². The predicted octanol–water partition coefficient (Wildman–Crippen LogP) is 0.874. The van der Waals surface area contributed by atoms with E-state index in [9.17, 15) is 13.2 Å². The second kappa shape index (κ2) is 4.79. The SMILES string of the molecule is C=CC(=O)OCCOC1C2OS(=O)(=O)C3CC1C(C)(C)C23. The highest BCUT2D eigenvalue weighted by Crippen LogP contribution is 2.64. The normalized spacial score (nSPS) is 41.1. The highest BCUT2D eigenvalue weighted by Gasteiger charge is 2.72. The van der Waals surface area contributed by atoms with Crippen LogP contribution >= 0.6 is 0 Å². The first-order chi connectivity index (χ1) is 9.79. The Labute approximate surface area is 124 Å². The molecule has 0 N–H and O–H groups in total. The molecule has 3 fully saturated rings. The smallest absolute Gasteiger partial charge is 0.330 e. The Bertz CT molecular complexity index is 566. The molecule has 5 unspecified atom stereocenters. The fourth-order valence-corrected chi connectivity index (χ4v) is 6.28. The van der Waals surface area contributed by atoms with Gasteiger partial charge in [0.05, 0.1) is 18.0 Å². The predicted molar refractivity (Wildman–Crippen MR) is 73.9 cm³/mol. The van der Waals surface area contributed by atoms with Gasteiger partial charge in [-0.3, -0.25) is 4.18 Å². The average Bonchev–Trinajstić information content (AvgIpc) is 2.87. The monoisotopic (exact) mass is 316 g/mol. The number of esters is 1. The Balaban J connectivity index is 1.66. The van der Waals surface area contributed by atoms with Gasteiger partial charge in [-0.1, -0.05) is 20.4 Å². The summed E-state index contributed by atoms with van der Waals surface area (Å²) in [7, 11) is -3.46. The molecule has 0 radical (unpaired) electrons. The van der Waals surface area contributed by atoms with Gasteiger partial charge >= 0.3 is 5.97 Å². The Hall–Kier alpha value is -0.920. The highest BCUT2D eigenvalue weighted by atomic mass is 32.2. The molecule has 118 valence electrons. The molecule has 2 aliphatic carbocycles. The molecule has 0 aromatic carbocycles. The van der Waals surface area contributed by atoms with E-state index in [1.165, 1.54) is 0 Å². The number of carbonyl (C=O) groups is 1. The molecule has 3 aliphatic rings. The van der Waals surface area contributed by atoms with Crippen LogP contribution in [0.25, 0.3) is 0 Å². The zero-order chi connectivity index (χ0) is 15.4. The van der Waals surface area contributed by atoms with Crippen molar-refractivity contribution >= 4 is 16.1 Å². The first kappa shape index (κ1) is 15.0. The molecule has 1 aliphatic heterocycles. The molecule has 2 saturated carbocycles. The molecule has 0 aromatic rings. The van der Waals surface area contributed by atoms with E-state index in [0.29, 0.717) is 6.42 Å². The largest absolute Gasteiger partial charge is 0.460 e. The first-order valence-electron chi connectivity index (χ1n) is 7.12. The molecule has 3 rings (SSSR count). The van der Waals surface area contributed by atoms with E-state index in [2.05, 4.69) is 20.4 Å². The van der Waals surface area contributed by atoms with E-state index in [-0.39, 0.29) is 41.8 Å². The number of hydrogen-bond acceptors (Lipinski definition) is 6. The topological polar surface area (TPSA) is 78.9 Å². The van der Waals surface area contributed by atoms with Gasteiger partial charge < -0.3 is 9.47 Å². The minimum absolute atomic E-state index is 0.00627. The maximum Gasteiger partial charge on any atom is 0.330 e. The molecule has 7 heteroatoms. The second-order valence-electron chi connectivity index (χ2n) is 6.49.